The lowest BCUT2D eigenvalue weighted by Crippen LogP contribution is -2.39. The summed E-state index contributed by atoms with van der Waals surface area (Å²) in [5.74, 6) is -0.301. The highest BCUT2D eigenvalue weighted by Crippen LogP contribution is 2.21. The van der Waals surface area contributed by atoms with Gasteiger partial charge in [0, 0.05) is 37.4 Å². The van der Waals surface area contributed by atoms with Crippen LogP contribution < -0.4 is 11.1 Å². The highest BCUT2D eigenvalue weighted by Gasteiger charge is 2.27. The molecule has 6 nitrogen and oxygen atoms in total. The van der Waals surface area contributed by atoms with Gasteiger partial charge < -0.3 is 11.1 Å². The van der Waals surface area contributed by atoms with Crippen LogP contribution in [0.15, 0.2) is 12.4 Å². The summed E-state index contributed by atoms with van der Waals surface area (Å²) >= 11 is 0. The largest absolute Gasteiger partial charge is 0.368 e. The number of aromatic nitrogens is 2. The summed E-state index contributed by atoms with van der Waals surface area (Å²) in [4.78, 5) is 14.0. The van der Waals surface area contributed by atoms with Gasteiger partial charge in [0.05, 0.1) is 6.20 Å². The van der Waals surface area contributed by atoms with Gasteiger partial charge in [-0.25, -0.2) is 0 Å². The Kier molecular flexibility index (Phi) is 4.55. The summed E-state index contributed by atoms with van der Waals surface area (Å²) in [5.41, 5.74) is 6.49. The molecule has 1 unspecified atom stereocenters. The summed E-state index contributed by atoms with van der Waals surface area (Å²) < 4.78 is 1.86. The second-order valence-corrected chi connectivity index (χ2v) is 5.29. The molecule has 1 aromatic heterocycles. The Morgan fingerprint density at radius 3 is 2.84 bits per heavy atom. The molecule has 2 rings (SSSR count). The number of nitrogens with zero attached hydrogens (tertiary/aromatic N) is 3. The van der Waals surface area contributed by atoms with Crippen molar-refractivity contribution in [1.82, 2.24) is 20.0 Å². The van der Waals surface area contributed by atoms with Crippen molar-refractivity contribution < 1.29 is 4.79 Å². The molecule has 0 radical (unpaired) electrons. The molecule has 0 bridgehead atoms. The fourth-order valence-corrected chi connectivity index (χ4v) is 2.46. The lowest BCUT2D eigenvalue weighted by Gasteiger charge is -2.27. The minimum Gasteiger partial charge on any atom is -0.368 e. The van der Waals surface area contributed by atoms with Crippen molar-refractivity contribution in [2.24, 2.45) is 5.73 Å². The summed E-state index contributed by atoms with van der Waals surface area (Å²) in [6.45, 7) is 7.72. The van der Waals surface area contributed by atoms with E-state index < -0.39 is 0 Å². The van der Waals surface area contributed by atoms with Crippen LogP contribution in [0.2, 0.25) is 0 Å². The quantitative estimate of drug-likeness (QED) is 0.820. The maximum absolute atomic E-state index is 11.8. The molecule has 1 aliphatic heterocycles. The van der Waals surface area contributed by atoms with Gasteiger partial charge in [-0.2, -0.15) is 5.10 Å². The normalized spacial score (nSPS) is 19.3. The Balaban J connectivity index is 2.20. The van der Waals surface area contributed by atoms with Crippen LogP contribution in [0.1, 0.15) is 37.9 Å². The molecule has 1 aliphatic rings. The smallest absolute Gasteiger partial charge is 0.239 e. The van der Waals surface area contributed by atoms with Crippen molar-refractivity contribution in [1.29, 1.82) is 0 Å². The molecular formula is C13H23N5O. The molecule has 0 aliphatic carbocycles. The lowest BCUT2D eigenvalue weighted by molar-refractivity contribution is -0.123. The average molecular weight is 265 g/mol. The number of nitrogens with one attached hydrogen (secondary N) is 1. The molecule has 1 aromatic rings. The molecule has 2 heterocycles. The number of carbonyl (C=O) groups excluding carboxylic acids is 1. The molecule has 19 heavy (non-hydrogen) atoms. The molecule has 1 fully saturated rings. The van der Waals surface area contributed by atoms with Gasteiger partial charge in [0.15, 0.2) is 0 Å². The predicted octanol–water partition coefficient (Wildman–Crippen LogP) is 0.286. The SMILES string of the molecule is CC(C)n1cc(C(C(N)=O)N2CCCNCC2)cn1. The van der Waals surface area contributed by atoms with Gasteiger partial charge in [0.25, 0.3) is 0 Å². The Morgan fingerprint density at radius 2 is 2.21 bits per heavy atom. The Hall–Kier alpha value is -1.40. The fourth-order valence-electron chi connectivity index (χ4n) is 2.46. The number of primary amides is 1. The van der Waals surface area contributed by atoms with Gasteiger partial charge in [-0.3, -0.25) is 14.4 Å². The van der Waals surface area contributed by atoms with E-state index in [0.29, 0.717) is 0 Å². The zero-order chi connectivity index (χ0) is 13.8. The maximum atomic E-state index is 11.8. The van der Waals surface area contributed by atoms with Gasteiger partial charge in [-0.1, -0.05) is 0 Å². The summed E-state index contributed by atoms with van der Waals surface area (Å²) in [7, 11) is 0. The molecule has 1 atom stereocenters. The lowest BCUT2D eigenvalue weighted by atomic mass is 10.1. The third-order valence-electron chi connectivity index (χ3n) is 3.48. The van der Waals surface area contributed by atoms with E-state index in [1.54, 1.807) is 6.20 Å². The first-order valence-electron chi connectivity index (χ1n) is 6.87. The zero-order valence-electron chi connectivity index (χ0n) is 11.7. The molecular weight excluding hydrogens is 242 g/mol. The van der Waals surface area contributed by atoms with E-state index in [-0.39, 0.29) is 18.0 Å². The third-order valence-corrected chi connectivity index (χ3v) is 3.48. The van der Waals surface area contributed by atoms with Gasteiger partial charge in [-0.05, 0) is 26.8 Å². The van der Waals surface area contributed by atoms with E-state index in [4.69, 9.17) is 5.73 Å². The first-order valence-corrected chi connectivity index (χ1v) is 6.87. The van der Waals surface area contributed by atoms with Crippen molar-refractivity contribution >= 4 is 5.91 Å². The van der Waals surface area contributed by atoms with Gasteiger partial charge in [0.2, 0.25) is 5.91 Å². The van der Waals surface area contributed by atoms with Crippen LogP contribution in [0.4, 0.5) is 0 Å². The topological polar surface area (TPSA) is 76.2 Å². The van der Waals surface area contributed by atoms with E-state index in [9.17, 15) is 4.79 Å². The van der Waals surface area contributed by atoms with Crippen molar-refractivity contribution in [2.45, 2.75) is 32.4 Å². The van der Waals surface area contributed by atoms with Gasteiger partial charge in [0.1, 0.15) is 6.04 Å². The predicted molar refractivity (Wildman–Crippen MR) is 73.6 cm³/mol. The van der Waals surface area contributed by atoms with Crippen molar-refractivity contribution in [3.63, 3.8) is 0 Å². The van der Waals surface area contributed by atoms with Gasteiger partial charge in [-0.15, -0.1) is 0 Å². The average Bonchev–Trinajstić information content (AvgIpc) is 2.67. The number of hydrogen-bond donors (Lipinski definition) is 2. The maximum Gasteiger partial charge on any atom is 0.239 e. The molecule has 0 spiro atoms. The zero-order valence-corrected chi connectivity index (χ0v) is 11.7. The van der Waals surface area contributed by atoms with Crippen LogP contribution in [0.5, 0.6) is 0 Å². The molecule has 6 heteroatoms. The van der Waals surface area contributed by atoms with Crippen LogP contribution in [-0.2, 0) is 4.79 Å². The van der Waals surface area contributed by atoms with E-state index in [1.807, 2.05) is 10.9 Å². The van der Waals surface area contributed by atoms with Crippen molar-refractivity contribution in [2.75, 3.05) is 26.2 Å². The standard InChI is InChI=1S/C13H23N5O/c1-10(2)18-9-11(8-16-18)12(13(14)19)17-6-3-4-15-5-7-17/h8-10,12,15H,3-7H2,1-2H3,(H2,14,19). The van der Waals surface area contributed by atoms with Crippen LogP contribution in [0, 0.1) is 0 Å². The first-order chi connectivity index (χ1) is 9.09. The number of rotatable bonds is 4. The minimum atomic E-state index is -0.368. The highest BCUT2D eigenvalue weighted by molar-refractivity contribution is 5.81. The number of nitrogens with two attached hydrogens (primary N) is 1. The first kappa shape index (κ1) is 14.0. The van der Waals surface area contributed by atoms with Crippen LogP contribution >= 0.6 is 0 Å². The molecule has 0 saturated carbocycles. The van der Waals surface area contributed by atoms with Crippen LogP contribution in [0.3, 0.4) is 0 Å². The minimum absolute atomic E-state index is 0.285. The Morgan fingerprint density at radius 1 is 1.42 bits per heavy atom. The number of amides is 1. The van der Waals surface area contributed by atoms with E-state index in [1.165, 1.54) is 0 Å². The Labute approximate surface area is 113 Å². The number of hydrogen-bond acceptors (Lipinski definition) is 4. The second kappa shape index (κ2) is 6.16. The van der Waals surface area contributed by atoms with E-state index >= 15 is 0 Å². The van der Waals surface area contributed by atoms with Crippen LogP contribution in [-0.4, -0.2) is 46.8 Å². The summed E-state index contributed by atoms with van der Waals surface area (Å²) in [5, 5.41) is 7.64. The third kappa shape index (κ3) is 3.33. The molecule has 0 aromatic carbocycles. The van der Waals surface area contributed by atoms with Crippen molar-refractivity contribution in [3.8, 4) is 0 Å². The van der Waals surface area contributed by atoms with Gasteiger partial charge >= 0.3 is 0 Å². The molecule has 3 N–H and O–H groups in total. The highest BCUT2D eigenvalue weighted by atomic mass is 16.1. The molecule has 1 amide bonds. The monoisotopic (exact) mass is 265 g/mol. The molecule has 106 valence electrons. The van der Waals surface area contributed by atoms with Crippen molar-refractivity contribution in [3.05, 3.63) is 18.0 Å². The summed E-state index contributed by atoms with van der Waals surface area (Å²) in [6, 6.07) is -0.0829. The Bertz CT molecular complexity index is 420. The summed E-state index contributed by atoms with van der Waals surface area (Å²) in [6.07, 6.45) is 4.72. The van der Waals surface area contributed by atoms with E-state index in [2.05, 4.69) is 29.2 Å². The number of carbonyl (C=O) groups is 1. The fraction of sp³-hybridized carbons (Fsp3) is 0.692. The molecule has 1 saturated heterocycles. The van der Waals surface area contributed by atoms with E-state index in [0.717, 1.165) is 38.2 Å². The second-order valence-electron chi connectivity index (χ2n) is 5.29. The van der Waals surface area contributed by atoms with Crippen LogP contribution in [0.25, 0.3) is 0 Å².